The number of anilines is 1. The quantitative estimate of drug-likeness (QED) is 0.263. The Labute approximate surface area is 209 Å². The van der Waals surface area contributed by atoms with Gasteiger partial charge in [-0.1, -0.05) is 24.3 Å². The van der Waals surface area contributed by atoms with Crippen molar-refractivity contribution < 1.29 is 23.8 Å². The average Bonchev–Trinajstić information content (AvgIpc) is 2.91. The largest absolute Gasteiger partial charge is 0.493 e. The first-order valence-corrected chi connectivity index (χ1v) is 11.0. The minimum atomic E-state index is -0.603. The highest BCUT2D eigenvalue weighted by Gasteiger charge is 2.13. The number of ether oxygens (including phenoxy) is 3. The van der Waals surface area contributed by atoms with E-state index in [1.807, 2.05) is 18.2 Å². The third kappa shape index (κ3) is 6.49. The summed E-state index contributed by atoms with van der Waals surface area (Å²) in [6.07, 6.45) is 1.43. The summed E-state index contributed by atoms with van der Waals surface area (Å²) in [6, 6.07) is 22.3. The van der Waals surface area contributed by atoms with Gasteiger partial charge in [0.25, 0.3) is 5.91 Å². The first-order chi connectivity index (χ1) is 17.5. The van der Waals surface area contributed by atoms with Crippen molar-refractivity contribution in [3.8, 4) is 23.6 Å². The molecule has 0 aromatic heterocycles. The number of hydrogen-bond donors (Lipinski definition) is 1. The van der Waals surface area contributed by atoms with Gasteiger partial charge in [-0.05, 0) is 61.0 Å². The molecular formula is C28H23N3O5. The molecule has 3 aromatic carbocycles. The second-order valence-corrected chi connectivity index (χ2v) is 7.39. The van der Waals surface area contributed by atoms with Crippen LogP contribution in [0, 0.1) is 22.7 Å². The van der Waals surface area contributed by atoms with Crippen LogP contribution in [0.5, 0.6) is 11.5 Å². The number of nitrogens with zero attached hydrogens (tertiary/aromatic N) is 2. The number of hydrogen-bond acceptors (Lipinski definition) is 7. The van der Waals surface area contributed by atoms with Gasteiger partial charge >= 0.3 is 5.97 Å². The molecule has 8 nitrogen and oxygen atoms in total. The molecule has 0 saturated heterocycles. The number of carbonyl (C=O) groups is 2. The maximum atomic E-state index is 12.6. The van der Waals surface area contributed by atoms with Crippen LogP contribution in [0.1, 0.15) is 34.0 Å². The number of nitriles is 2. The molecule has 3 rings (SSSR count). The first-order valence-electron chi connectivity index (χ1n) is 11.0. The Morgan fingerprint density at radius 3 is 2.42 bits per heavy atom. The molecule has 1 amide bonds. The van der Waals surface area contributed by atoms with Crippen molar-refractivity contribution in [2.75, 3.05) is 19.0 Å². The number of rotatable bonds is 9. The van der Waals surface area contributed by atoms with Crippen LogP contribution in [-0.2, 0) is 16.1 Å². The molecule has 36 heavy (non-hydrogen) atoms. The molecule has 0 aliphatic rings. The van der Waals surface area contributed by atoms with Gasteiger partial charge in [-0.15, -0.1) is 0 Å². The van der Waals surface area contributed by atoms with E-state index < -0.39 is 11.9 Å². The fourth-order valence-electron chi connectivity index (χ4n) is 3.22. The predicted molar refractivity (Wildman–Crippen MR) is 133 cm³/mol. The van der Waals surface area contributed by atoms with E-state index in [2.05, 4.69) is 11.4 Å². The number of carbonyl (C=O) groups excluding carboxylic acids is 2. The number of amides is 1. The molecule has 0 spiro atoms. The molecule has 0 bridgehead atoms. The lowest BCUT2D eigenvalue weighted by atomic mass is 10.1. The van der Waals surface area contributed by atoms with Gasteiger partial charge < -0.3 is 19.5 Å². The normalized spacial score (nSPS) is 10.5. The lowest BCUT2D eigenvalue weighted by Crippen LogP contribution is -2.13. The summed E-state index contributed by atoms with van der Waals surface area (Å²) < 4.78 is 16.2. The van der Waals surface area contributed by atoms with Gasteiger partial charge in [0.2, 0.25) is 0 Å². The molecule has 0 atom stereocenters. The molecular weight excluding hydrogens is 458 g/mol. The first kappa shape index (κ1) is 25.5. The number of esters is 1. The van der Waals surface area contributed by atoms with Gasteiger partial charge in [0, 0.05) is 11.3 Å². The Balaban J connectivity index is 1.72. The van der Waals surface area contributed by atoms with Crippen molar-refractivity contribution in [2.24, 2.45) is 0 Å². The van der Waals surface area contributed by atoms with Crippen molar-refractivity contribution in [2.45, 2.75) is 13.5 Å². The standard InChI is InChI=1S/C28H23N3O5/c1-3-35-28(33)20-9-11-24(12-10-20)31-27(32)23(17-30)14-19-8-13-25(26(15-19)34-2)36-18-22-7-5-4-6-21(22)16-29/h4-15H,3,18H2,1-2H3,(H,31,32)/b23-14+. The van der Waals surface area contributed by atoms with Gasteiger partial charge in [-0.2, -0.15) is 10.5 Å². The second-order valence-electron chi connectivity index (χ2n) is 7.39. The summed E-state index contributed by atoms with van der Waals surface area (Å²) in [5, 5.41) is 21.4. The fraction of sp³-hybridized carbons (Fsp3) is 0.143. The number of nitrogens with one attached hydrogen (secondary N) is 1. The highest BCUT2D eigenvalue weighted by Crippen LogP contribution is 2.30. The topological polar surface area (TPSA) is 121 Å². The van der Waals surface area contributed by atoms with E-state index in [0.717, 1.165) is 5.56 Å². The van der Waals surface area contributed by atoms with Gasteiger partial charge in [0.15, 0.2) is 11.5 Å². The van der Waals surface area contributed by atoms with Crippen LogP contribution in [0.2, 0.25) is 0 Å². The maximum absolute atomic E-state index is 12.6. The molecule has 180 valence electrons. The third-order valence-electron chi connectivity index (χ3n) is 5.04. The van der Waals surface area contributed by atoms with E-state index in [1.54, 1.807) is 49.4 Å². The molecule has 0 aliphatic carbocycles. The molecule has 1 N–H and O–H groups in total. The van der Waals surface area contributed by atoms with Crippen LogP contribution in [0.25, 0.3) is 6.08 Å². The molecule has 8 heteroatoms. The smallest absolute Gasteiger partial charge is 0.338 e. The van der Waals surface area contributed by atoms with Crippen LogP contribution in [0.15, 0.2) is 72.3 Å². The summed E-state index contributed by atoms with van der Waals surface area (Å²) in [5.74, 6) is -0.199. The van der Waals surface area contributed by atoms with E-state index in [4.69, 9.17) is 14.2 Å². The van der Waals surface area contributed by atoms with Gasteiger partial charge in [-0.3, -0.25) is 4.79 Å². The molecule has 0 aliphatic heterocycles. The van der Waals surface area contributed by atoms with Crippen molar-refractivity contribution in [1.82, 2.24) is 0 Å². The van der Waals surface area contributed by atoms with Gasteiger partial charge in [-0.25, -0.2) is 4.79 Å². The Morgan fingerprint density at radius 1 is 1.00 bits per heavy atom. The van der Waals surface area contributed by atoms with Crippen LogP contribution < -0.4 is 14.8 Å². The molecule has 0 radical (unpaired) electrons. The van der Waals surface area contributed by atoms with E-state index in [1.165, 1.54) is 25.3 Å². The van der Waals surface area contributed by atoms with Crippen LogP contribution in [0.4, 0.5) is 5.69 Å². The monoisotopic (exact) mass is 481 g/mol. The van der Waals surface area contributed by atoms with Crippen molar-refractivity contribution in [1.29, 1.82) is 10.5 Å². The van der Waals surface area contributed by atoms with E-state index in [-0.39, 0.29) is 18.8 Å². The lowest BCUT2D eigenvalue weighted by Gasteiger charge is -2.12. The molecule has 0 unspecified atom stereocenters. The highest BCUT2D eigenvalue weighted by atomic mass is 16.5. The van der Waals surface area contributed by atoms with Crippen molar-refractivity contribution >= 4 is 23.6 Å². The fourth-order valence-corrected chi connectivity index (χ4v) is 3.22. The zero-order valence-corrected chi connectivity index (χ0v) is 19.8. The lowest BCUT2D eigenvalue weighted by molar-refractivity contribution is -0.112. The summed E-state index contributed by atoms with van der Waals surface area (Å²) in [4.78, 5) is 24.4. The minimum absolute atomic E-state index is 0.122. The molecule has 3 aromatic rings. The minimum Gasteiger partial charge on any atom is -0.493 e. The molecule has 0 saturated carbocycles. The van der Waals surface area contributed by atoms with Gasteiger partial charge in [0.1, 0.15) is 18.2 Å². The van der Waals surface area contributed by atoms with Gasteiger partial charge in [0.05, 0.1) is 30.9 Å². The number of benzene rings is 3. The third-order valence-corrected chi connectivity index (χ3v) is 5.04. The SMILES string of the molecule is CCOC(=O)c1ccc(NC(=O)/C(C#N)=C/c2ccc(OCc3ccccc3C#N)c(OC)c2)cc1. The zero-order chi connectivity index (χ0) is 25.9. The Kier molecular flexibility index (Phi) is 8.80. The summed E-state index contributed by atoms with van der Waals surface area (Å²) in [5.41, 5.74) is 2.48. The maximum Gasteiger partial charge on any atom is 0.338 e. The van der Waals surface area contributed by atoms with E-state index in [0.29, 0.717) is 33.9 Å². The van der Waals surface area contributed by atoms with Crippen LogP contribution in [0.3, 0.4) is 0 Å². The van der Waals surface area contributed by atoms with Crippen molar-refractivity contribution in [3.63, 3.8) is 0 Å². The highest BCUT2D eigenvalue weighted by molar-refractivity contribution is 6.09. The Hall–Kier alpha value is -5.08. The number of methoxy groups -OCH3 is 1. The summed E-state index contributed by atoms with van der Waals surface area (Å²) in [7, 11) is 1.48. The molecule has 0 heterocycles. The van der Waals surface area contributed by atoms with E-state index >= 15 is 0 Å². The van der Waals surface area contributed by atoms with E-state index in [9.17, 15) is 20.1 Å². The Morgan fingerprint density at radius 2 is 1.75 bits per heavy atom. The zero-order valence-electron chi connectivity index (χ0n) is 19.8. The van der Waals surface area contributed by atoms with Crippen LogP contribution in [-0.4, -0.2) is 25.6 Å². The van der Waals surface area contributed by atoms with Crippen molar-refractivity contribution in [3.05, 3.63) is 94.6 Å². The summed E-state index contributed by atoms with van der Waals surface area (Å²) in [6.45, 7) is 2.16. The van der Waals surface area contributed by atoms with Crippen LogP contribution >= 0.6 is 0 Å². The summed E-state index contributed by atoms with van der Waals surface area (Å²) >= 11 is 0. The second kappa shape index (κ2) is 12.4. The molecule has 0 fully saturated rings. The Bertz CT molecular complexity index is 1370. The average molecular weight is 482 g/mol. The predicted octanol–water partition coefficient (Wildman–Crippen LogP) is 4.87.